The van der Waals surface area contributed by atoms with Crippen molar-refractivity contribution < 1.29 is 22.8 Å². The summed E-state index contributed by atoms with van der Waals surface area (Å²) in [5.41, 5.74) is -1.32. The second kappa shape index (κ2) is 9.82. The molecule has 1 saturated heterocycles. The van der Waals surface area contributed by atoms with Crippen LogP contribution in [0.15, 0.2) is 41.2 Å². The molecule has 0 atom stereocenters. The van der Waals surface area contributed by atoms with E-state index in [9.17, 15) is 27.6 Å². The quantitative estimate of drug-likeness (QED) is 0.368. The van der Waals surface area contributed by atoms with Gasteiger partial charge in [0, 0.05) is 31.6 Å². The molecule has 0 saturated carbocycles. The summed E-state index contributed by atoms with van der Waals surface area (Å²) in [5.74, 6) is -0.248. The highest BCUT2D eigenvalue weighted by Crippen LogP contribution is 2.33. The van der Waals surface area contributed by atoms with Gasteiger partial charge in [0.2, 0.25) is 5.91 Å². The Morgan fingerprint density at radius 3 is 2.63 bits per heavy atom. The number of fused-ring (bicyclic) bond motifs is 1. The molecule has 1 aliphatic heterocycles. The molecule has 2 aromatic carbocycles. The number of H-pyrrole nitrogens is 1. The first kappa shape index (κ1) is 24.9. The summed E-state index contributed by atoms with van der Waals surface area (Å²) in [5, 5.41) is 2.82. The normalized spacial score (nSPS) is 14.1. The van der Waals surface area contributed by atoms with Crippen LogP contribution in [0.3, 0.4) is 0 Å². The van der Waals surface area contributed by atoms with E-state index in [0.717, 1.165) is 35.7 Å². The van der Waals surface area contributed by atoms with Crippen LogP contribution in [0.4, 0.5) is 13.2 Å². The lowest BCUT2D eigenvalue weighted by Gasteiger charge is -2.15. The molecule has 7 nitrogen and oxygen atoms in total. The van der Waals surface area contributed by atoms with Gasteiger partial charge in [-0.15, -0.1) is 0 Å². The molecule has 0 unspecified atom stereocenters. The van der Waals surface area contributed by atoms with E-state index in [-0.39, 0.29) is 43.8 Å². The van der Waals surface area contributed by atoms with Gasteiger partial charge in [-0.3, -0.25) is 19.0 Å². The average molecular weight is 525 g/mol. The highest BCUT2D eigenvalue weighted by atomic mass is 35.5. The van der Waals surface area contributed by atoms with E-state index in [2.05, 4.69) is 10.3 Å². The fraction of sp³-hybridized carbons (Fsp3) is 0.304. The Hall–Kier alpha value is -3.18. The number of aromatic amines is 1. The van der Waals surface area contributed by atoms with Crippen molar-refractivity contribution in [1.82, 2.24) is 19.8 Å². The molecule has 0 radical (unpaired) electrons. The van der Waals surface area contributed by atoms with Crippen LogP contribution >= 0.6 is 23.8 Å². The molecule has 0 aliphatic carbocycles. The van der Waals surface area contributed by atoms with E-state index < -0.39 is 17.3 Å². The van der Waals surface area contributed by atoms with Crippen LogP contribution in [-0.4, -0.2) is 45.9 Å². The lowest BCUT2D eigenvalue weighted by Crippen LogP contribution is -2.30. The van der Waals surface area contributed by atoms with E-state index in [1.54, 1.807) is 4.90 Å². The zero-order valence-electron chi connectivity index (χ0n) is 18.2. The number of nitrogens with zero attached hydrogens (tertiary/aromatic N) is 2. The molecule has 35 heavy (non-hydrogen) atoms. The van der Waals surface area contributed by atoms with Gasteiger partial charge in [-0.05, 0) is 61.5 Å². The Balaban J connectivity index is 1.57. The summed E-state index contributed by atoms with van der Waals surface area (Å²) in [7, 11) is 0. The lowest BCUT2D eigenvalue weighted by molar-refractivity contribution is -0.137. The molecule has 2 heterocycles. The van der Waals surface area contributed by atoms with E-state index >= 15 is 0 Å². The molecular formula is C23H20ClF3N4O3S. The van der Waals surface area contributed by atoms with Gasteiger partial charge in [-0.2, -0.15) is 13.2 Å². The summed E-state index contributed by atoms with van der Waals surface area (Å²) in [6.07, 6.45) is -2.61. The highest BCUT2D eigenvalue weighted by molar-refractivity contribution is 7.71. The predicted molar refractivity (Wildman–Crippen MR) is 128 cm³/mol. The Bertz CT molecular complexity index is 1430. The number of amides is 2. The van der Waals surface area contributed by atoms with E-state index in [0.29, 0.717) is 25.9 Å². The van der Waals surface area contributed by atoms with Gasteiger partial charge in [0.1, 0.15) is 0 Å². The minimum Gasteiger partial charge on any atom is -0.352 e. The summed E-state index contributed by atoms with van der Waals surface area (Å²) in [6.45, 7) is 1.67. The molecule has 0 bridgehead atoms. The number of nitrogens with one attached hydrogen (secondary N) is 2. The van der Waals surface area contributed by atoms with Crippen molar-refractivity contribution in [2.45, 2.75) is 25.4 Å². The Kier molecular flexibility index (Phi) is 7.00. The van der Waals surface area contributed by atoms with Crippen molar-refractivity contribution in [1.29, 1.82) is 0 Å². The summed E-state index contributed by atoms with van der Waals surface area (Å²) >= 11 is 11.3. The topological polar surface area (TPSA) is 87.2 Å². The maximum Gasteiger partial charge on any atom is 0.416 e. The third kappa shape index (κ3) is 5.25. The van der Waals surface area contributed by atoms with Gasteiger partial charge in [-0.25, -0.2) is 0 Å². The molecule has 1 aliphatic rings. The molecule has 1 aromatic heterocycles. The number of carbonyl (C=O) groups is 2. The second-order valence-corrected chi connectivity index (χ2v) is 8.88. The molecule has 0 spiro atoms. The number of rotatable bonds is 6. The predicted octanol–water partition coefficient (Wildman–Crippen LogP) is 4.46. The van der Waals surface area contributed by atoms with Crippen molar-refractivity contribution in [3.05, 3.63) is 67.7 Å². The van der Waals surface area contributed by atoms with Crippen LogP contribution in [-0.2, 0) is 11.0 Å². The van der Waals surface area contributed by atoms with Crippen LogP contribution in [0.25, 0.3) is 16.6 Å². The minimum absolute atomic E-state index is 0.0782. The molecule has 184 valence electrons. The first-order valence-electron chi connectivity index (χ1n) is 10.8. The van der Waals surface area contributed by atoms with Gasteiger partial charge < -0.3 is 15.2 Å². The Labute approximate surface area is 207 Å². The molecule has 4 rings (SSSR count). The van der Waals surface area contributed by atoms with Crippen LogP contribution in [0.1, 0.15) is 35.2 Å². The fourth-order valence-electron chi connectivity index (χ4n) is 3.95. The van der Waals surface area contributed by atoms with Crippen molar-refractivity contribution in [2.24, 2.45) is 0 Å². The summed E-state index contributed by atoms with van der Waals surface area (Å²) in [4.78, 5) is 41.9. The van der Waals surface area contributed by atoms with Gasteiger partial charge in [0.15, 0.2) is 4.77 Å². The third-order valence-corrected chi connectivity index (χ3v) is 6.34. The zero-order chi connectivity index (χ0) is 25.3. The maximum atomic E-state index is 13.2. The van der Waals surface area contributed by atoms with Gasteiger partial charge >= 0.3 is 6.18 Å². The van der Waals surface area contributed by atoms with Crippen molar-refractivity contribution in [2.75, 3.05) is 19.6 Å². The largest absolute Gasteiger partial charge is 0.416 e. The van der Waals surface area contributed by atoms with E-state index in [1.165, 1.54) is 18.2 Å². The number of aromatic nitrogens is 2. The number of halogens is 4. The summed E-state index contributed by atoms with van der Waals surface area (Å²) < 4.78 is 40.3. The number of likely N-dealkylation sites (tertiary alicyclic amines) is 1. The standard InChI is InChI=1S/C23H20ClF3N4O3S/c24-16-7-5-14(23(25,26)27)12-18(16)31-21(34)15-6-4-13(11-17(15)29-22(31)35)20(33)28-8-2-10-30-9-1-3-19(30)32/h4-7,11-12H,1-3,8-10H2,(H,28,33)(H,29,35). The van der Waals surface area contributed by atoms with Gasteiger partial charge in [0.25, 0.3) is 11.5 Å². The summed E-state index contributed by atoms with van der Waals surface area (Å²) in [6, 6.07) is 6.92. The first-order chi connectivity index (χ1) is 16.6. The average Bonchev–Trinajstić information content (AvgIpc) is 3.21. The molecule has 3 aromatic rings. The molecular weight excluding hydrogens is 505 g/mol. The second-order valence-electron chi connectivity index (χ2n) is 8.09. The number of alkyl halides is 3. The minimum atomic E-state index is -4.63. The molecule has 12 heteroatoms. The van der Waals surface area contributed by atoms with Gasteiger partial charge in [-0.1, -0.05) is 11.6 Å². The first-order valence-corrected chi connectivity index (χ1v) is 11.6. The molecule has 1 fully saturated rings. The Morgan fingerprint density at radius 1 is 1.17 bits per heavy atom. The Morgan fingerprint density at radius 2 is 1.94 bits per heavy atom. The highest BCUT2D eigenvalue weighted by Gasteiger charge is 2.31. The lowest BCUT2D eigenvalue weighted by atomic mass is 10.1. The van der Waals surface area contributed by atoms with Crippen LogP contribution < -0.4 is 10.9 Å². The van der Waals surface area contributed by atoms with Crippen LogP contribution in [0.2, 0.25) is 5.02 Å². The monoisotopic (exact) mass is 524 g/mol. The van der Waals surface area contributed by atoms with Crippen molar-refractivity contribution in [3.8, 4) is 5.69 Å². The molecule has 2 N–H and O–H groups in total. The van der Waals surface area contributed by atoms with Crippen LogP contribution in [0, 0.1) is 4.77 Å². The number of carbonyl (C=O) groups excluding carboxylic acids is 2. The van der Waals surface area contributed by atoms with E-state index in [1.807, 2.05) is 0 Å². The fourth-order valence-corrected chi connectivity index (χ4v) is 4.45. The maximum absolute atomic E-state index is 13.2. The van der Waals surface area contributed by atoms with Crippen LogP contribution in [0.5, 0.6) is 0 Å². The number of benzene rings is 2. The van der Waals surface area contributed by atoms with Crippen molar-refractivity contribution in [3.63, 3.8) is 0 Å². The van der Waals surface area contributed by atoms with Crippen molar-refractivity contribution >= 4 is 46.5 Å². The zero-order valence-corrected chi connectivity index (χ0v) is 19.8. The van der Waals surface area contributed by atoms with Gasteiger partial charge in [0.05, 0.1) is 27.2 Å². The third-order valence-electron chi connectivity index (χ3n) is 5.74. The number of hydrogen-bond donors (Lipinski definition) is 2. The molecule has 2 amide bonds. The van der Waals surface area contributed by atoms with E-state index in [4.69, 9.17) is 23.8 Å². The smallest absolute Gasteiger partial charge is 0.352 e. The SMILES string of the molecule is O=C(NCCCN1CCCC1=O)c1ccc2c(=O)n(-c3cc(C(F)(F)F)ccc3Cl)c(=S)[nH]c2c1. The number of hydrogen-bond acceptors (Lipinski definition) is 4.